The summed E-state index contributed by atoms with van der Waals surface area (Å²) in [6.45, 7) is 0.345. The van der Waals surface area contributed by atoms with Gasteiger partial charge >= 0.3 is 0 Å². The van der Waals surface area contributed by atoms with E-state index < -0.39 is 0 Å². The molecular formula is C15H16N2O3. The van der Waals surface area contributed by atoms with Gasteiger partial charge in [-0.25, -0.2) is 0 Å². The van der Waals surface area contributed by atoms with E-state index in [1.54, 1.807) is 37.4 Å². The number of para-hydroxylation sites is 1. The van der Waals surface area contributed by atoms with E-state index in [1.807, 2.05) is 6.07 Å². The molecule has 0 aliphatic rings. The van der Waals surface area contributed by atoms with Crippen LogP contribution in [0.15, 0.2) is 42.5 Å². The van der Waals surface area contributed by atoms with Gasteiger partial charge in [-0.2, -0.15) is 0 Å². The minimum atomic E-state index is -0.158. The molecule has 0 spiro atoms. The quantitative estimate of drug-likeness (QED) is 0.642. The van der Waals surface area contributed by atoms with Crippen LogP contribution >= 0.6 is 0 Å². The van der Waals surface area contributed by atoms with Gasteiger partial charge in [-0.05, 0) is 24.3 Å². The molecule has 2 rings (SSSR count). The lowest BCUT2D eigenvalue weighted by molar-refractivity contribution is 0.0963. The van der Waals surface area contributed by atoms with Crippen molar-refractivity contribution in [3.8, 4) is 11.5 Å². The molecular weight excluding hydrogens is 256 g/mol. The van der Waals surface area contributed by atoms with Crippen molar-refractivity contribution >= 4 is 11.6 Å². The maximum atomic E-state index is 11.5. The van der Waals surface area contributed by atoms with Gasteiger partial charge in [0.15, 0.2) is 11.5 Å². The van der Waals surface area contributed by atoms with Crippen molar-refractivity contribution in [3.05, 3.63) is 53.6 Å². The van der Waals surface area contributed by atoms with E-state index >= 15 is 0 Å². The van der Waals surface area contributed by atoms with Crippen molar-refractivity contribution in [3.63, 3.8) is 0 Å². The number of phenols is 2. The standard InChI is InChI=1S/C15H16N2O3/c1-16-15(20)10-4-2-6-12(8-10)17-9-11-5-3-7-13(18)14(11)19/h2-8,17-19H,9H2,1H3,(H,16,20). The number of nitrogens with one attached hydrogen (secondary N) is 2. The van der Waals surface area contributed by atoms with E-state index in [-0.39, 0.29) is 17.4 Å². The Morgan fingerprint density at radius 3 is 2.65 bits per heavy atom. The summed E-state index contributed by atoms with van der Waals surface area (Å²) in [5.41, 5.74) is 1.89. The summed E-state index contributed by atoms with van der Waals surface area (Å²) in [4.78, 5) is 11.5. The summed E-state index contributed by atoms with van der Waals surface area (Å²) in [5.74, 6) is -0.445. The Labute approximate surface area is 116 Å². The lowest BCUT2D eigenvalue weighted by Gasteiger charge is -2.10. The van der Waals surface area contributed by atoms with Crippen LogP contribution in [0.1, 0.15) is 15.9 Å². The molecule has 0 aliphatic heterocycles. The van der Waals surface area contributed by atoms with Crippen LogP contribution in [-0.4, -0.2) is 23.2 Å². The van der Waals surface area contributed by atoms with Gasteiger partial charge in [0.2, 0.25) is 0 Å². The van der Waals surface area contributed by atoms with Crippen molar-refractivity contribution in [1.82, 2.24) is 5.32 Å². The van der Waals surface area contributed by atoms with E-state index in [4.69, 9.17) is 0 Å². The molecule has 0 heterocycles. The molecule has 20 heavy (non-hydrogen) atoms. The Morgan fingerprint density at radius 2 is 1.90 bits per heavy atom. The first kappa shape index (κ1) is 13.7. The summed E-state index contributed by atoms with van der Waals surface area (Å²) < 4.78 is 0. The number of hydrogen-bond acceptors (Lipinski definition) is 4. The third-order valence-electron chi connectivity index (χ3n) is 2.93. The Morgan fingerprint density at radius 1 is 1.15 bits per heavy atom. The van der Waals surface area contributed by atoms with E-state index in [0.717, 1.165) is 5.69 Å². The van der Waals surface area contributed by atoms with Gasteiger partial charge in [0.1, 0.15) is 0 Å². The van der Waals surface area contributed by atoms with Crippen LogP contribution < -0.4 is 10.6 Å². The van der Waals surface area contributed by atoms with Gasteiger partial charge in [0, 0.05) is 30.4 Å². The SMILES string of the molecule is CNC(=O)c1cccc(NCc2cccc(O)c2O)c1. The number of aromatic hydroxyl groups is 2. The highest BCUT2D eigenvalue weighted by atomic mass is 16.3. The molecule has 0 fully saturated rings. The van der Waals surface area contributed by atoms with Crippen molar-refractivity contribution in [1.29, 1.82) is 0 Å². The molecule has 2 aromatic carbocycles. The minimum absolute atomic E-state index is 0.137. The molecule has 0 aliphatic carbocycles. The molecule has 0 saturated heterocycles. The second-order valence-corrected chi connectivity index (χ2v) is 4.30. The first-order chi connectivity index (χ1) is 9.61. The lowest BCUT2D eigenvalue weighted by atomic mass is 10.1. The molecule has 0 radical (unpaired) electrons. The largest absolute Gasteiger partial charge is 0.504 e. The molecule has 0 bridgehead atoms. The molecule has 0 aromatic heterocycles. The van der Waals surface area contributed by atoms with Gasteiger partial charge in [0.05, 0.1) is 0 Å². The first-order valence-corrected chi connectivity index (χ1v) is 6.17. The Balaban J connectivity index is 2.11. The van der Waals surface area contributed by atoms with Crippen molar-refractivity contribution in [2.45, 2.75) is 6.54 Å². The molecule has 2 aromatic rings. The van der Waals surface area contributed by atoms with Gasteiger partial charge in [-0.15, -0.1) is 0 Å². The maximum absolute atomic E-state index is 11.5. The Kier molecular flexibility index (Phi) is 4.10. The topological polar surface area (TPSA) is 81.6 Å². The van der Waals surface area contributed by atoms with Gasteiger partial charge in [0.25, 0.3) is 5.91 Å². The summed E-state index contributed by atoms with van der Waals surface area (Å²) >= 11 is 0. The fraction of sp³-hybridized carbons (Fsp3) is 0.133. The highest BCUT2D eigenvalue weighted by Gasteiger charge is 2.06. The number of rotatable bonds is 4. The number of carbonyl (C=O) groups excluding carboxylic acids is 1. The molecule has 0 saturated carbocycles. The van der Waals surface area contributed by atoms with Gasteiger partial charge < -0.3 is 20.8 Å². The van der Waals surface area contributed by atoms with Crippen LogP contribution in [0, 0.1) is 0 Å². The van der Waals surface area contributed by atoms with Gasteiger partial charge in [-0.3, -0.25) is 4.79 Å². The fourth-order valence-corrected chi connectivity index (χ4v) is 1.83. The molecule has 0 unspecified atom stereocenters. The molecule has 0 atom stereocenters. The molecule has 4 N–H and O–H groups in total. The predicted molar refractivity (Wildman–Crippen MR) is 76.9 cm³/mol. The minimum Gasteiger partial charge on any atom is -0.504 e. The van der Waals surface area contributed by atoms with Crippen LogP contribution in [0.2, 0.25) is 0 Å². The first-order valence-electron chi connectivity index (χ1n) is 6.17. The molecule has 5 nitrogen and oxygen atoms in total. The Hall–Kier alpha value is -2.69. The highest BCUT2D eigenvalue weighted by Crippen LogP contribution is 2.28. The smallest absolute Gasteiger partial charge is 0.251 e. The molecule has 104 valence electrons. The zero-order chi connectivity index (χ0) is 14.5. The van der Waals surface area contributed by atoms with Crippen LogP contribution in [0.4, 0.5) is 5.69 Å². The number of carbonyl (C=O) groups is 1. The van der Waals surface area contributed by atoms with E-state index in [0.29, 0.717) is 17.7 Å². The van der Waals surface area contributed by atoms with Crippen LogP contribution in [0.25, 0.3) is 0 Å². The van der Waals surface area contributed by atoms with Crippen LogP contribution in [0.5, 0.6) is 11.5 Å². The van der Waals surface area contributed by atoms with Gasteiger partial charge in [-0.1, -0.05) is 18.2 Å². The molecule has 5 heteroatoms. The molecule has 1 amide bonds. The Bertz CT molecular complexity index is 626. The lowest BCUT2D eigenvalue weighted by Crippen LogP contribution is -2.17. The van der Waals surface area contributed by atoms with Crippen molar-refractivity contribution in [2.75, 3.05) is 12.4 Å². The van der Waals surface area contributed by atoms with E-state index in [2.05, 4.69) is 10.6 Å². The third kappa shape index (κ3) is 3.00. The maximum Gasteiger partial charge on any atom is 0.251 e. The van der Waals surface area contributed by atoms with E-state index in [1.165, 1.54) is 6.07 Å². The number of amides is 1. The van der Waals surface area contributed by atoms with Crippen LogP contribution in [-0.2, 0) is 6.54 Å². The predicted octanol–water partition coefficient (Wildman–Crippen LogP) is 2.07. The zero-order valence-corrected chi connectivity index (χ0v) is 11.1. The van der Waals surface area contributed by atoms with Crippen LogP contribution in [0.3, 0.4) is 0 Å². The number of phenolic OH excluding ortho intramolecular Hbond substituents is 2. The summed E-state index contributed by atoms with van der Waals surface area (Å²) in [6, 6.07) is 11.8. The number of anilines is 1. The second kappa shape index (κ2) is 5.97. The average molecular weight is 272 g/mol. The summed E-state index contributed by atoms with van der Waals surface area (Å²) in [6.07, 6.45) is 0. The van der Waals surface area contributed by atoms with Crippen molar-refractivity contribution < 1.29 is 15.0 Å². The summed E-state index contributed by atoms with van der Waals surface area (Å²) in [5, 5.41) is 24.8. The summed E-state index contributed by atoms with van der Waals surface area (Å²) in [7, 11) is 1.58. The monoisotopic (exact) mass is 272 g/mol. The average Bonchev–Trinajstić information content (AvgIpc) is 2.48. The number of benzene rings is 2. The zero-order valence-electron chi connectivity index (χ0n) is 11.1. The normalized spacial score (nSPS) is 10.1. The van der Waals surface area contributed by atoms with Crippen molar-refractivity contribution in [2.24, 2.45) is 0 Å². The fourth-order valence-electron chi connectivity index (χ4n) is 1.83. The number of hydrogen-bond donors (Lipinski definition) is 4. The second-order valence-electron chi connectivity index (χ2n) is 4.30. The van der Waals surface area contributed by atoms with E-state index in [9.17, 15) is 15.0 Å². The third-order valence-corrected chi connectivity index (χ3v) is 2.93. The highest BCUT2D eigenvalue weighted by molar-refractivity contribution is 5.94.